The zero-order valence-electron chi connectivity index (χ0n) is 14.9. The van der Waals surface area contributed by atoms with Gasteiger partial charge < -0.3 is 19.7 Å². The van der Waals surface area contributed by atoms with Crippen LogP contribution >= 0.6 is 11.3 Å². The lowest BCUT2D eigenvalue weighted by Crippen LogP contribution is -3.11. The molecule has 1 unspecified atom stereocenters. The Balaban J connectivity index is 1.74. The van der Waals surface area contributed by atoms with Gasteiger partial charge in [-0.3, -0.25) is 4.79 Å². The van der Waals surface area contributed by atoms with E-state index in [1.807, 2.05) is 18.2 Å². The number of amides is 1. The van der Waals surface area contributed by atoms with Crippen LogP contribution in [0.25, 0.3) is 0 Å². The molecule has 136 valence electrons. The Morgan fingerprint density at radius 3 is 2.96 bits per heavy atom. The zero-order chi connectivity index (χ0) is 18.5. The molecule has 1 amide bonds. The summed E-state index contributed by atoms with van der Waals surface area (Å²) in [5.74, 6) is 1.53. The molecule has 2 aromatic rings. The second-order valence-corrected chi connectivity index (χ2v) is 7.13. The number of hydrogen-bond donors (Lipinski definition) is 2. The first kappa shape index (κ1) is 18.2. The normalized spacial score (nSPS) is 19.0. The number of carbonyl (C=O) groups is 1. The number of benzene rings is 1. The number of thiophene rings is 1. The number of carbonyl (C=O) groups excluding carboxylic acids is 1. The minimum absolute atomic E-state index is 0.0762. The molecule has 0 radical (unpaired) electrons. The van der Waals surface area contributed by atoms with E-state index >= 15 is 0 Å². The molecular weight excluding hydrogens is 350 g/mol. The minimum atomic E-state index is -0.0762. The molecule has 26 heavy (non-hydrogen) atoms. The summed E-state index contributed by atoms with van der Waals surface area (Å²) in [6.07, 6.45) is 2.05. The Bertz CT molecular complexity index is 828. The van der Waals surface area contributed by atoms with E-state index < -0.39 is 0 Å². The number of hydrogen-bond acceptors (Lipinski definition) is 5. The molecule has 0 spiro atoms. The van der Waals surface area contributed by atoms with E-state index in [0.29, 0.717) is 17.1 Å². The second kappa shape index (κ2) is 8.21. The van der Waals surface area contributed by atoms with Crippen molar-refractivity contribution in [2.45, 2.75) is 18.9 Å². The van der Waals surface area contributed by atoms with Gasteiger partial charge in [0.2, 0.25) is 0 Å². The summed E-state index contributed by atoms with van der Waals surface area (Å²) in [6.45, 7) is 1.28. The molecule has 1 fully saturated rings. The van der Waals surface area contributed by atoms with Gasteiger partial charge in [-0.15, -0.1) is 11.3 Å². The monoisotopic (exact) mass is 372 g/mol. The Labute approximate surface area is 156 Å². The zero-order valence-corrected chi connectivity index (χ0v) is 15.7. The van der Waals surface area contributed by atoms with Gasteiger partial charge in [0.1, 0.15) is 28.6 Å². The molecule has 2 heterocycles. The molecule has 1 aliphatic rings. The van der Waals surface area contributed by atoms with Crippen LogP contribution < -0.4 is 19.7 Å². The van der Waals surface area contributed by atoms with Crippen LogP contribution in [0.1, 0.15) is 30.0 Å². The molecule has 6 nitrogen and oxygen atoms in total. The van der Waals surface area contributed by atoms with Crippen LogP contribution in [-0.2, 0) is 4.79 Å². The number of nitrogens with one attached hydrogen (secondary N) is 2. The highest BCUT2D eigenvalue weighted by molar-refractivity contribution is 7.14. The highest BCUT2D eigenvalue weighted by atomic mass is 32.1. The largest absolute Gasteiger partial charge is 0.497 e. The standard InChI is InChI=1S/C19H21N3O3S/c1-24-14-5-6-17(25-2)15(10-14)16-4-3-8-22(16)12-18(23)21-19-13(11-20)7-9-26-19/h5-7,9-10,16H,3-4,8,12H2,1-2H3,(H,21,23)/p+1/t16-/m0/s1. The van der Waals surface area contributed by atoms with Crippen LogP contribution in [0.15, 0.2) is 29.6 Å². The number of rotatable bonds is 6. The van der Waals surface area contributed by atoms with Crippen molar-refractivity contribution >= 4 is 22.2 Å². The summed E-state index contributed by atoms with van der Waals surface area (Å²) < 4.78 is 10.9. The Morgan fingerprint density at radius 1 is 1.38 bits per heavy atom. The average molecular weight is 372 g/mol. The second-order valence-electron chi connectivity index (χ2n) is 6.21. The van der Waals surface area contributed by atoms with Crippen LogP contribution in [0, 0.1) is 11.3 Å². The molecule has 1 saturated heterocycles. The van der Waals surface area contributed by atoms with Crippen molar-refractivity contribution in [1.82, 2.24) is 0 Å². The quantitative estimate of drug-likeness (QED) is 0.813. The number of anilines is 1. The van der Waals surface area contributed by atoms with E-state index in [1.165, 1.54) is 16.2 Å². The molecule has 1 aliphatic heterocycles. The number of likely N-dealkylation sites (tertiary alicyclic amines) is 1. The molecule has 2 N–H and O–H groups in total. The third-order valence-electron chi connectivity index (χ3n) is 4.72. The highest BCUT2D eigenvalue weighted by Crippen LogP contribution is 2.31. The maximum atomic E-state index is 12.5. The van der Waals surface area contributed by atoms with Gasteiger partial charge in [-0.2, -0.15) is 5.26 Å². The fourth-order valence-corrected chi connectivity index (χ4v) is 4.24. The van der Waals surface area contributed by atoms with Gasteiger partial charge >= 0.3 is 0 Å². The van der Waals surface area contributed by atoms with Crippen molar-refractivity contribution in [3.8, 4) is 17.6 Å². The van der Waals surface area contributed by atoms with E-state index in [1.54, 1.807) is 25.7 Å². The smallest absolute Gasteiger partial charge is 0.280 e. The molecular formula is C19H22N3O3S+. The molecule has 3 rings (SSSR count). The van der Waals surface area contributed by atoms with Gasteiger partial charge in [-0.05, 0) is 29.6 Å². The lowest BCUT2D eigenvalue weighted by Gasteiger charge is -2.23. The lowest BCUT2D eigenvalue weighted by atomic mass is 10.0. The van der Waals surface area contributed by atoms with Crippen molar-refractivity contribution in [1.29, 1.82) is 5.26 Å². The Kier molecular flexibility index (Phi) is 5.76. The first-order valence-electron chi connectivity index (χ1n) is 8.50. The predicted octanol–water partition coefficient (Wildman–Crippen LogP) is 2.00. The van der Waals surface area contributed by atoms with E-state index in [-0.39, 0.29) is 11.9 Å². The molecule has 1 aromatic carbocycles. The molecule has 7 heteroatoms. The lowest BCUT2D eigenvalue weighted by molar-refractivity contribution is -0.910. The topological polar surface area (TPSA) is 75.8 Å². The van der Waals surface area contributed by atoms with Crippen molar-refractivity contribution in [2.24, 2.45) is 0 Å². The van der Waals surface area contributed by atoms with E-state index in [9.17, 15) is 4.79 Å². The average Bonchev–Trinajstić information content (AvgIpc) is 3.30. The van der Waals surface area contributed by atoms with Gasteiger partial charge in [0, 0.05) is 12.8 Å². The summed E-state index contributed by atoms with van der Waals surface area (Å²) in [5.41, 5.74) is 1.58. The third kappa shape index (κ3) is 3.82. The summed E-state index contributed by atoms with van der Waals surface area (Å²) in [6, 6.07) is 9.79. The SMILES string of the molecule is COc1ccc(OC)c([C@@H]2CCC[NH+]2CC(=O)Nc2sccc2C#N)c1. The van der Waals surface area contributed by atoms with Crippen molar-refractivity contribution in [2.75, 3.05) is 32.6 Å². The summed E-state index contributed by atoms with van der Waals surface area (Å²) in [4.78, 5) is 13.7. The number of nitriles is 1. The van der Waals surface area contributed by atoms with Crippen molar-refractivity contribution in [3.05, 3.63) is 40.8 Å². The molecule has 0 aliphatic carbocycles. The number of quaternary nitrogens is 1. The molecule has 0 bridgehead atoms. The first-order valence-corrected chi connectivity index (χ1v) is 9.38. The maximum absolute atomic E-state index is 12.5. The molecule has 0 saturated carbocycles. The summed E-state index contributed by atoms with van der Waals surface area (Å²) in [5, 5.41) is 14.4. The Morgan fingerprint density at radius 2 is 2.23 bits per heavy atom. The van der Waals surface area contributed by atoms with Crippen LogP contribution in [0.4, 0.5) is 5.00 Å². The first-order chi connectivity index (χ1) is 12.7. The van der Waals surface area contributed by atoms with Crippen LogP contribution in [0.2, 0.25) is 0 Å². The predicted molar refractivity (Wildman–Crippen MR) is 99.9 cm³/mol. The van der Waals surface area contributed by atoms with Crippen molar-refractivity contribution < 1.29 is 19.2 Å². The van der Waals surface area contributed by atoms with Crippen LogP contribution in [-0.4, -0.2) is 33.2 Å². The minimum Gasteiger partial charge on any atom is -0.497 e. The fraction of sp³-hybridized carbons (Fsp3) is 0.368. The van der Waals surface area contributed by atoms with Gasteiger partial charge in [0.25, 0.3) is 5.91 Å². The number of nitrogens with zero attached hydrogens (tertiary/aromatic N) is 1. The van der Waals surface area contributed by atoms with Gasteiger partial charge in [0.05, 0.1) is 31.9 Å². The molecule has 1 aromatic heterocycles. The number of ether oxygens (including phenoxy) is 2. The Hall–Kier alpha value is -2.56. The van der Waals surface area contributed by atoms with Crippen LogP contribution in [0.3, 0.4) is 0 Å². The van der Waals surface area contributed by atoms with Gasteiger partial charge in [-0.1, -0.05) is 0 Å². The van der Waals surface area contributed by atoms with E-state index in [2.05, 4.69) is 11.4 Å². The van der Waals surface area contributed by atoms with Gasteiger partial charge in [0.15, 0.2) is 6.54 Å². The van der Waals surface area contributed by atoms with Crippen LogP contribution in [0.5, 0.6) is 11.5 Å². The highest BCUT2D eigenvalue weighted by Gasteiger charge is 2.34. The fourth-order valence-electron chi connectivity index (χ4n) is 3.48. The summed E-state index contributed by atoms with van der Waals surface area (Å²) in [7, 11) is 3.30. The third-order valence-corrected chi connectivity index (χ3v) is 5.55. The van der Waals surface area contributed by atoms with E-state index in [4.69, 9.17) is 14.7 Å². The van der Waals surface area contributed by atoms with Gasteiger partial charge in [-0.25, -0.2) is 0 Å². The molecule has 2 atom stereocenters. The summed E-state index contributed by atoms with van der Waals surface area (Å²) >= 11 is 1.37. The number of methoxy groups -OCH3 is 2. The van der Waals surface area contributed by atoms with E-state index in [0.717, 1.165) is 36.4 Å². The van der Waals surface area contributed by atoms with Crippen molar-refractivity contribution in [3.63, 3.8) is 0 Å². The maximum Gasteiger partial charge on any atom is 0.280 e.